The highest BCUT2D eigenvalue weighted by molar-refractivity contribution is 5.80. The molecule has 122 valence electrons. The van der Waals surface area contributed by atoms with Crippen LogP contribution in [0.25, 0.3) is 0 Å². The summed E-state index contributed by atoms with van der Waals surface area (Å²) < 4.78 is 7.70. The largest absolute Gasteiger partial charge is 0.368 e. The van der Waals surface area contributed by atoms with E-state index in [4.69, 9.17) is 4.74 Å². The second kappa shape index (κ2) is 6.36. The lowest BCUT2D eigenvalue weighted by atomic mass is 10.1. The number of rotatable bonds is 5. The van der Waals surface area contributed by atoms with E-state index in [2.05, 4.69) is 10.1 Å². The minimum absolute atomic E-state index is 0.111. The van der Waals surface area contributed by atoms with Gasteiger partial charge in [0.1, 0.15) is 17.8 Å². The molecule has 1 saturated heterocycles. The first-order chi connectivity index (χ1) is 10.5. The molecule has 2 aliphatic rings. The predicted molar refractivity (Wildman–Crippen MR) is 82.5 cm³/mol. The summed E-state index contributed by atoms with van der Waals surface area (Å²) in [6.45, 7) is 8.01. The van der Waals surface area contributed by atoms with E-state index in [0.717, 1.165) is 37.6 Å². The molecule has 1 aromatic rings. The molecule has 1 amide bonds. The molecule has 0 aromatic carbocycles. The summed E-state index contributed by atoms with van der Waals surface area (Å²) in [4.78, 5) is 18.9. The minimum Gasteiger partial charge on any atom is -0.368 e. The van der Waals surface area contributed by atoms with Crippen LogP contribution in [-0.2, 0) is 9.53 Å². The first-order valence-corrected chi connectivity index (χ1v) is 8.34. The molecular formula is C16H26N4O2. The van der Waals surface area contributed by atoms with Gasteiger partial charge in [-0.25, -0.2) is 9.67 Å². The maximum Gasteiger partial charge on any atom is 0.251 e. The van der Waals surface area contributed by atoms with E-state index < -0.39 is 0 Å². The Labute approximate surface area is 131 Å². The second-order valence-electron chi connectivity index (χ2n) is 6.65. The van der Waals surface area contributed by atoms with Crippen molar-refractivity contribution in [1.82, 2.24) is 19.7 Å². The first kappa shape index (κ1) is 15.5. The normalized spacial score (nSPS) is 23.6. The van der Waals surface area contributed by atoms with Crippen molar-refractivity contribution < 1.29 is 9.53 Å². The Balaban J connectivity index is 1.59. The van der Waals surface area contributed by atoms with Gasteiger partial charge in [-0.05, 0) is 52.4 Å². The van der Waals surface area contributed by atoms with Crippen LogP contribution in [0, 0.1) is 19.8 Å². The van der Waals surface area contributed by atoms with Gasteiger partial charge in [-0.15, -0.1) is 0 Å². The van der Waals surface area contributed by atoms with Gasteiger partial charge in [0.15, 0.2) is 0 Å². The monoisotopic (exact) mass is 306 g/mol. The zero-order valence-corrected chi connectivity index (χ0v) is 13.8. The molecule has 1 aliphatic heterocycles. The third-order valence-corrected chi connectivity index (χ3v) is 4.59. The molecule has 0 unspecified atom stereocenters. The third-order valence-electron chi connectivity index (χ3n) is 4.59. The van der Waals surface area contributed by atoms with Crippen molar-refractivity contribution in [3.8, 4) is 0 Å². The second-order valence-corrected chi connectivity index (χ2v) is 6.65. The van der Waals surface area contributed by atoms with Crippen LogP contribution in [0.1, 0.15) is 50.3 Å². The molecule has 0 N–H and O–H groups in total. The number of carbonyl (C=O) groups is 1. The highest BCUT2D eigenvalue weighted by Crippen LogP contribution is 2.29. The molecule has 1 aromatic heterocycles. The van der Waals surface area contributed by atoms with Crippen molar-refractivity contribution >= 4 is 5.91 Å². The summed E-state index contributed by atoms with van der Waals surface area (Å²) in [5.74, 6) is 2.52. The molecule has 2 atom stereocenters. The zero-order chi connectivity index (χ0) is 15.7. The molecule has 3 rings (SSSR count). The lowest BCUT2D eigenvalue weighted by Crippen LogP contribution is -2.45. The zero-order valence-electron chi connectivity index (χ0n) is 13.8. The number of nitrogens with zero attached hydrogens (tertiary/aromatic N) is 4. The summed E-state index contributed by atoms with van der Waals surface area (Å²) in [7, 11) is 0. The molecule has 1 saturated carbocycles. The Morgan fingerprint density at radius 3 is 2.77 bits per heavy atom. The van der Waals surface area contributed by atoms with Gasteiger partial charge in [0.05, 0.1) is 12.6 Å². The molecule has 2 fully saturated rings. The van der Waals surface area contributed by atoms with Crippen LogP contribution in [0.4, 0.5) is 0 Å². The fraction of sp³-hybridized carbons (Fsp3) is 0.812. The fourth-order valence-electron chi connectivity index (χ4n) is 3.13. The minimum atomic E-state index is -0.335. The summed E-state index contributed by atoms with van der Waals surface area (Å²) >= 11 is 0. The van der Waals surface area contributed by atoms with Crippen LogP contribution in [0.5, 0.6) is 0 Å². The van der Waals surface area contributed by atoms with Gasteiger partial charge in [0.2, 0.25) is 0 Å². The van der Waals surface area contributed by atoms with Gasteiger partial charge in [-0.2, -0.15) is 5.10 Å². The number of carbonyl (C=O) groups excluding carboxylic acids is 1. The van der Waals surface area contributed by atoms with Crippen LogP contribution in [0.15, 0.2) is 0 Å². The Morgan fingerprint density at radius 1 is 1.36 bits per heavy atom. The van der Waals surface area contributed by atoms with E-state index in [-0.39, 0.29) is 18.1 Å². The topological polar surface area (TPSA) is 60.2 Å². The number of piperidine rings is 1. The van der Waals surface area contributed by atoms with E-state index in [1.54, 1.807) is 0 Å². The molecule has 2 heterocycles. The molecule has 0 spiro atoms. The lowest BCUT2D eigenvalue weighted by Gasteiger charge is -2.34. The predicted octanol–water partition coefficient (Wildman–Crippen LogP) is 1.87. The van der Waals surface area contributed by atoms with Crippen molar-refractivity contribution in [2.75, 3.05) is 19.7 Å². The van der Waals surface area contributed by atoms with Crippen LogP contribution in [0.3, 0.4) is 0 Å². The van der Waals surface area contributed by atoms with Gasteiger partial charge in [-0.1, -0.05) is 0 Å². The average Bonchev–Trinajstić information content (AvgIpc) is 3.28. The standard InChI is InChI=1S/C16H26N4O2/c1-11(22-10-14-6-7-14)16(21)19-8-4-5-15(9-19)20-13(3)17-12(2)18-20/h11,14-15H,4-10H2,1-3H3/t11-,15+/m0/s1. The fourth-order valence-corrected chi connectivity index (χ4v) is 3.13. The van der Waals surface area contributed by atoms with E-state index >= 15 is 0 Å². The van der Waals surface area contributed by atoms with E-state index in [0.29, 0.717) is 12.5 Å². The molecule has 0 bridgehead atoms. The number of likely N-dealkylation sites (tertiary alicyclic amines) is 1. The Kier molecular flexibility index (Phi) is 4.47. The lowest BCUT2D eigenvalue weighted by molar-refractivity contribution is -0.144. The van der Waals surface area contributed by atoms with Crippen molar-refractivity contribution in [2.45, 2.75) is 58.6 Å². The van der Waals surface area contributed by atoms with E-state index in [1.807, 2.05) is 30.4 Å². The van der Waals surface area contributed by atoms with Gasteiger partial charge < -0.3 is 9.64 Å². The van der Waals surface area contributed by atoms with Crippen molar-refractivity contribution in [3.05, 3.63) is 11.6 Å². The molecule has 0 radical (unpaired) electrons. The van der Waals surface area contributed by atoms with Gasteiger partial charge in [0.25, 0.3) is 5.91 Å². The first-order valence-electron chi connectivity index (χ1n) is 8.34. The van der Waals surface area contributed by atoms with Crippen LogP contribution < -0.4 is 0 Å². The molecular weight excluding hydrogens is 280 g/mol. The number of hydrogen-bond acceptors (Lipinski definition) is 4. The molecule has 6 heteroatoms. The third kappa shape index (κ3) is 3.48. The number of ether oxygens (including phenoxy) is 1. The van der Waals surface area contributed by atoms with Crippen LogP contribution in [-0.4, -0.2) is 51.4 Å². The van der Waals surface area contributed by atoms with Crippen molar-refractivity contribution in [1.29, 1.82) is 0 Å². The number of aryl methyl sites for hydroxylation is 2. The van der Waals surface area contributed by atoms with E-state index in [9.17, 15) is 4.79 Å². The maximum absolute atomic E-state index is 12.6. The highest BCUT2D eigenvalue weighted by atomic mass is 16.5. The summed E-state index contributed by atoms with van der Waals surface area (Å²) in [5, 5.41) is 4.48. The smallest absolute Gasteiger partial charge is 0.251 e. The Hall–Kier alpha value is -1.43. The summed E-state index contributed by atoms with van der Waals surface area (Å²) in [6, 6.07) is 0.231. The maximum atomic E-state index is 12.6. The molecule has 22 heavy (non-hydrogen) atoms. The van der Waals surface area contributed by atoms with Crippen LogP contribution >= 0.6 is 0 Å². The van der Waals surface area contributed by atoms with Crippen LogP contribution in [0.2, 0.25) is 0 Å². The van der Waals surface area contributed by atoms with Gasteiger partial charge in [0, 0.05) is 13.1 Å². The Morgan fingerprint density at radius 2 is 2.14 bits per heavy atom. The quantitative estimate of drug-likeness (QED) is 0.833. The van der Waals surface area contributed by atoms with Crippen molar-refractivity contribution in [3.63, 3.8) is 0 Å². The van der Waals surface area contributed by atoms with Crippen molar-refractivity contribution in [2.24, 2.45) is 5.92 Å². The Bertz CT molecular complexity index is 538. The number of amides is 1. The SMILES string of the molecule is Cc1nc(C)n([C@@H]2CCCN(C(=O)[C@H](C)OCC3CC3)C2)n1. The number of aromatic nitrogens is 3. The average molecular weight is 306 g/mol. The van der Waals surface area contributed by atoms with Gasteiger partial charge >= 0.3 is 0 Å². The molecule has 6 nitrogen and oxygen atoms in total. The summed E-state index contributed by atoms with van der Waals surface area (Å²) in [5.41, 5.74) is 0. The van der Waals surface area contributed by atoms with Gasteiger partial charge in [-0.3, -0.25) is 4.79 Å². The summed E-state index contributed by atoms with van der Waals surface area (Å²) in [6.07, 6.45) is 4.21. The molecule has 1 aliphatic carbocycles. The van der Waals surface area contributed by atoms with E-state index in [1.165, 1.54) is 12.8 Å². The number of hydrogen-bond donors (Lipinski definition) is 0. The highest BCUT2D eigenvalue weighted by Gasteiger charge is 2.30.